The lowest BCUT2D eigenvalue weighted by molar-refractivity contribution is -0.148. The monoisotopic (exact) mass is 168 g/mol. The van der Waals surface area contributed by atoms with Gasteiger partial charge in [-0.1, -0.05) is 12.8 Å². The van der Waals surface area contributed by atoms with Crippen molar-refractivity contribution >= 4 is 5.97 Å². The average Bonchev–Trinajstić information content (AvgIpc) is 2.52. The van der Waals surface area contributed by atoms with Crippen LogP contribution in [0.1, 0.15) is 25.7 Å². The minimum absolute atomic E-state index is 0.590. The number of carboxylic acids is 1. The summed E-state index contributed by atoms with van der Waals surface area (Å²) in [4.78, 5) is 12.2. The SMILES string of the molecule is CN(C#N)C1(C(=O)O)CCCC1. The molecular weight excluding hydrogens is 156 g/mol. The molecule has 0 heterocycles. The minimum Gasteiger partial charge on any atom is -0.479 e. The molecule has 1 aliphatic carbocycles. The maximum absolute atomic E-state index is 10.9. The van der Waals surface area contributed by atoms with Gasteiger partial charge in [-0.25, -0.2) is 4.79 Å². The van der Waals surface area contributed by atoms with Gasteiger partial charge in [-0.15, -0.1) is 0 Å². The molecule has 0 spiro atoms. The molecule has 4 nitrogen and oxygen atoms in total. The van der Waals surface area contributed by atoms with Crippen molar-refractivity contribution in [3.8, 4) is 6.19 Å². The van der Waals surface area contributed by atoms with E-state index in [1.54, 1.807) is 7.05 Å². The molecule has 0 saturated heterocycles. The summed E-state index contributed by atoms with van der Waals surface area (Å²) in [5.41, 5.74) is -0.908. The van der Waals surface area contributed by atoms with Crippen molar-refractivity contribution in [3.63, 3.8) is 0 Å². The summed E-state index contributed by atoms with van der Waals surface area (Å²) in [6.45, 7) is 0. The molecule has 0 aromatic rings. The van der Waals surface area contributed by atoms with Crippen molar-refractivity contribution in [2.24, 2.45) is 0 Å². The molecule has 1 rings (SSSR count). The first-order valence-electron chi connectivity index (χ1n) is 4.00. The van der Waals surface area contributed by atoms with E-state index in [4.69, 9.17) is 10.4 Å². The molecule has 0 radical (unpaired) electrons. The Hall–Kier alpha value is -1.24. The molecular formula is C8H12N2O2. The maximum atomic E-state index is 10.9. The smallest absolute Gasteiger partial charge is 0.330 e. The van der Waals surface area contributed by atoms with Gasteiger partial charge in [0, 0.05) is 7.05 Å². The van der Waals surface area contributed by atoms with Crippen LogP contribution >= 0.6 is 0 Å². The van der Waals surface area contributed by atoms with E-state index in [0.29, 0.717) is 12.8 Å². The van der Waals surface area contributed by atoms with Crippen LogP contribution in [0.3, 0.4) is 0 Å². The van der Waals surface area contributed by atoms with Gasteiger partial charge in [0.15, 0.2) is 6.19 Å². The number of aliphatic carboxylic acids is 1. The highest BCUT2D eigenvalue weighted by Gasteiger charge is 2.44. The summed E-state index contributed by atoms with van der Waals surface area (Å²) in [6.07, 6.45) is 4.86. The molecule has 0 amide bonds. The summed E-state index contributed by atoms with van der Waals surface area (Å²) in [5, 5.41) is 17.6. The van der Waals surface area contributed by atoms with E-state index in [1.165, 1.54) is 4.90 Å². The van der Waals surface area contributed by atoms with Gasteiger partial charge in [-0.05, 0) is 12.8 Å². The molecule has 1 saturated carbocycles. The van der Waals surface area contributed by atoms with Crippen molar-refractivity contribution in [1.82, 2.24) is 4.90 Å². The second-order valence-electron chi connectivity index (χ2n) is 3.20. The molecule has 0 aliphatic heterocycles. The first-order valence-corrected chi connectivity index (χ1v) is 4.00. The Morgan fingerprint density at radius 1 is 1.58 bits per heavy atom. The predicted octanol–water partition coefficient (Wildman–Crippen LogP) is 0.797. The van der Waals surface area contributed by atoms with Crippen LogP contribution in [-0.4, -0.2) is 28.6 Å². The molecule has 1 N–H and O–H groups in total. The van der Waals surface area contributed by atoms with Crippen molar-refractivity contribution in [1.29, 1.82) is 5.26 Å². The highest BCUT2D eigenvalue weighted by atomic mass is 16.4. The van der Waals surface area contributed by atoms with E-state index in [-0.39, 0.29) is 0 Å². The number of hydrogen-bond acceptors (Lipinski definition) is 3. The van der Waals surface area contributed by atoms with E-state index in [2.05, 4.69) is 0 Å². The first-order chi connectivity index (χ1) is 5.63. The zero-order valence-electron chi connectivity index (χ0n) is 7.08. The number of hydrogen-bond donors (Lipinski definition) is 1. The van der Waals surface area contributed by atoms with Crippen LogP contribution in [0.4, 0.5) is 0 Å². The fourth-order valence-corrected chi connectivity index (χ4v) is 1.75. The number of nitriles is 1. The van der Waals surface area contributed by atoms with Crippen LogP contribution in [0.2, 0.25) is 0 Å². The fourth-order valence-electron chi connectivity index (χ4n) is 1.75. The Morgan fingerprint density at radius 3 is 2.42 bits per heavy atom. The number of likely N-dealkylation sites (N-methyl/N-ethyl adjacent to an activating group) is 1. The highest BCUT2D eigenvalue weighted by molar-refractivity contribution is 5.79. The summed E-state index contributed by atoms with van der Waals surface area (Å²) in [6, 6.07) is 0. The summed E-state index contributed by atoms with van der Waals surface area (Å²) < 4.78 is 0. The van der Waals surface area contributed by atoms with E-state index in [0.717, 1.165) is 12.8 Å². The molecule has 66 valence electrons. The lowest BCUT2D eigenvalue weighted by Gasteiger charge is -2.29. The van der Waals surface area contributed by atoms with Gasteiger partial charge in [0.05, 0.1) is 0 Å². The molecule has 0 aromatic heterocycles. The second kappa shape index (κ2) is 3.02. The molecule has 0 atom stereocenters. The Balaban J connectivity index is 2.87. The molecule has 0 bridgehead atoms. The van der Waals surface area contributed by atoms with Crippen LogP contribution in [0.25, 0.3) is 0 Å². The Bertz CT molecular complexity index is 226. The minimum atomic E-state index is -0.908. The molecule has 1 fully saturated rings. The van der Waals surface area contributed by atoms with Gasteiger partial charge >= 0.3 is 5.97 Å². The third-order valence-corrected chi connectivity index (χ3v) is 2.62. The molecule has 0 aromatic carbocycles. The quantitative estimate of drug-likeness (QED) is 0.489. The number of carbonyl (C=O) groups is 1. The average molecular weight is 168 g/mol. The zero-order chi connectivity index (χ0) is 9.19. The molecule has 0 unspecified atom stereocenters. The lowest BCUT2D eigenvalue weighted by Crippen LogP contribution is -2.48. The Kier molecular flexibility index (Phi) is 2.22. The summed E-state index contributed by atoms with van der Waals surface area (Å²) in [5.74, 6) is -0.871. The lowest BCUT2D eigenvalue weighted by atomic mass is 9.96. The fraction of sp³-hybridized carbons (Fsp3) is 0.750. The number of carboxylic acid groups (broad SMARTS) is 1. The highest BCUT2D eigenvalue weighted by Crippen LogP contribution is 2.34. The van der Waals surface area contributed by atoms with Gasteiger partial charge in [0.25, 0.3) is 0 Å². The van der Waals surface area contributed by atoms with Crippen molar-refractivity contribution < 1.29 is 9.90 Å². The van der Waals surface area contributed by atoms with Crippen LogP contribution in [0.5, 0.6) is 0 Å². The zero-order valence-corrected chi connectivity index (χ0v) is 7.08. The summed E-state index contributed by atoms with van der Waals surface area (Å²) in [7, 11) is 1.54. The topological polar surface area (TPSA) is 64.3 Å². The van der Waals surface area contributed by atoms with E-state index in [9.17, 15) is 4.79 Å². The number of rotatable bonds is 2. The molecule has 1 aliphatic rings. The Labute approximate surface area is 71.4 Å². The van der Waals surface area contributed by atoms with Crippen LogP contribution in [-0.2, 0) is 4.79 Å². The summed E-state index contributed by atoms with van der Waals surface area (Å²) >= 11 is 0. The normalized spacial score (nSPS) is 20.0. The van der Waals surface area contributed by atoms with Gasteiger partial charge in [-0.2, -0.15) is 5.26 Å². The van der Waals surface area contributed by atoms with Crippen molar-refractivity contribution in [2.45, 2.75) is 31.2 Å². The third-order valence-electron chi connectivity index (χ3n) is 2.62. The van der Waals surface area contributed by atoms with Crippen LogP contribution in [0.15, 0.2) is 0 Å². The standard InChI is InChI=1S/C8H12N2O2/c1-10(6-9)8(7(11)12)4-2-3-5-8/h2-5H2,1H3,(H,11,12). The van der Waals surface area contributed by atoms with E-state index < -0.39 is 11.5 Å². The van der Waals surface area contributed by atoms with Crippen LogP contribution in [0, 0.1) is 11.5 Å². The second-order valence-corrected chi connectivity index (χ2v) is 3.20. The third kappa shape index (κ3) is 1.11. The largest absolute Gasteiger partial charge is 0.479 e. The Morgan fingerprint density at radius 2 is 2.08 bits per heavy atom. The van der Waals surface area contributed by atoms with Gasteiger partial charge < -0.3 is 5.11 Å². The van der Waals surface area contributed by atoms with Crippen LogP contribution < -0.4 is 0 Å². The molecule has 4 heteroatoms. The maximum Gasteiger partial charge on any atom is 0.330 e. The van der Waals surface area contributed by atoms with Crippen molar-refractivity contribution in [3.05, 3.63) is 0 Å². The van der Waals surface area contributed by atoms with Gasteiger partial charge in [0.2, 0.25) is 0 Å². The first kappa shape index (κ1) is 8.85. The predicted molar refractivity (Wildman–Crippen MR) is 42.2 cm³/mol. The van der Waals surface area contributed by atoms with E-state index in [1.807, 2.05) is 6.19 Å². The number of nitrogens with zero attached hydrogens (tertiary/aromatic N) is 2. The van der Waals surface area contributed by atoms with E-state index >= 15 is 0 Å². The van der Waals surface area contributed by atoms with Crippen molar-refractivity contribution in [2.75, 3.05) is 7.05 Å². The van der Waals surface area contributed by atoms with Gasteiger partial charge in [-0.3, -0.25) is 4.90 Å². The van der Waals surface area contributed by atoms with Gasteiger partial charge in [0.1, 0.15) is 5.54 Å². The molecule has 12 heavy (non-hydrogen) atoms.